The number of hydrogen-bond acceptors (Lipinski definition) is 7. The quantitative estimate of drug-likeness (QED) is 0.123. The Hall–Kier alpha value is -6.67. The molecule has 8 nitrogen and oxygen atoms in total. The second kappa shape index (κ2) is 23.4. The zero-order valence-corrected chi connectivity index (χ0v) is 35.0. The lowest BCUT2D eigenvalue weighted by Crippen LogP contribution is -2.31. The Kier molecular flexibility index (Phi) is 17.8. The predicted molar refractivity (Wildman–Crippen MR) is 253 cm³/mol. The Labute approximate surface area is 346 Å². The Bertz CT molecular complexity index is 2260. The Morgan fingerprint density at radius 1 is 0.845 bits per heavy atom. The standard InChI is InChI=1S/C39H40N8.C7H8.2C2H6/c1-28-29(2)45-39(31-15-19-33(20-16-31)46(27-10-4-7-23-40)35-12-5-8-24-41-35)38(28)30(3)44-32-17-21-34(22-18-32)47(37-14-11-26-43-37)36-13-6-9-25-42-36;1-7-5-3-2-4-6-7;2*1-2/h4,6-10,13,15-25,44-45H,1-3,5,11-12,14,26-27,40H2;2-6H,1H3;2*1-2H3/b10-4-,23-7-;;;. The summed E-state index contributed by atoms with van der Waals surface area (Å²) >= 11 is 0. The topological polar surface area (TPSA) is 97.9 Å². The van der Waals surface area contributed by atoms with Crippen LogP contribution >= 0.6 is 0 Å². The highest BCUT2D eigenvalue weighted by molar-refractivity contribution is 6.04. The molecule has 0 saturated carbocycles. The van der Waals surface area contributed by atoms with Crippen LogP contribution in [0.1, 0.15) is 64.5 Å². The summed E-state index contributed by atoms with van der Waals surface area (Å²) in [6.07, 6.45) is 17.0. The lowest BCUT2D eigenvalue weighted by molar-refractivity contribution is 0.949. The van der Waals surface area contributed by atoms with E-state index in [1.165, 1.54) is 11.8 Å². The van der Waals surface area contributed by atoms with Gasteiger partial charge in [-0.2, -0.15) is 0 Å². The number of aromatic amines is 1. The number of aromatic nitrogens is 2. The van der Waals surface area contributed by atoms with Crippen molar-refractivity contribution in [3.8, 4) is 11.3 Å². The van der Waals surface area contributed by atoms with Gasteiger partial charge in [-0.15, -0.1) is 0 Å². The minimum absolute atomic E-state index is 0.684. The van der Waals surface area contributed by atoms with Crippen LogP contribution in [0.3, 0.4) is 0 Å². The summed E-state index contributed by atoms with van der Waals surface area (Å²) in [6, 6.07) is 32.9. The van der Waals surface area contributed by atoms with Crippen molar-refractivity contribution in [2.45, 2.75) is 60.3 Å². The van der Waals surface area contributed by atoms with E-state index < -0.39 is 0 Å². The fourth-order valence-corrected chi connectivity index (χ4v) is 6.38. The minimum Gasteiger partial charge on any atom is -0.405 e. The number of nitrogens with zero attached hydrogens (tertiary/aromatic N) is 5. The number of hydrogen-bond donors (Lipinski definition) is 3. The molecule has 0 saturated heterocycles. The zero-order chi connectivity index (χ0) is 41.7. The van der Waals surface area contributed by atoms with E-state index in [0.717, 1.165) is 99.9 Å². The van der Waals surface area contributed by atoms with Gasteiger partial charge in [0, 0.05) is 77.2 Å². The summed E-state index contributed by atoms with van der Waals surface area (Å²) in [5, 5.41) is 5.07. The number of benzene rings is 3. The van der Waals surface area contributed by atoms with Gasteiger partial charge in [-0.1, -0.05) is 120 Å². The lowest BCUT2D eigenvalue weighted by atomic mass is 10.0. The largest absolute Gasteiger partial charge is 0.405 e. The molecule has 5 aromatic rings. The number of aryl methyl sites for hydroxylation is 1. The number of allylic oxidation sites excluding steroid dienone is 3. The molecule has 3 aromatic carbocycles. The number of rotatable bonds is 10. The Balaban J connectivity index is 0.000000598. The van der Waals surface area contributed by atoms with E-state index in [4.69, 9.17) is 10.7 Å². The first kappa shape index (κ1) is 44.0. The highest BCUT2D eigenvalue weighted by atomic mass is 15.2. The summed E-state index contributed by atoms with van der Waals surface area (Å²) in [4.78, 5) is 21.8. The van der Waals surface area contributed by atoms with Crippen molar-refractivity contribution in [2.75, 3.05) is 28.2 Å². The molecule has 2 aliphatic rings. The number of nitrogens with one attached hydrogen (secondary N) is 2. The van der Waals surface area contributed by atoms with Gasteiger partial charge >= 0.3 is 0 Å². The molecule has 0 atom stereocenters. The van der Waals surface area contributed by atoms with Crippen LogP contribution in [0.2, 0.25) is 0 Å². The molecule has 2 aliphatic heterocycles. The molecule has 0 bridgehead atoms. The van der Waals surface area contributed by atoms with E-state index in [0.29, 0.717) is 6.54 Å². The van der Waals surface area contributed by atoms with Gasteiger partial charge in [0.15, 0.2) is 0 Å². The third-order valence-corrected chi connectivity index (χ3v) is 9.13. The summed E-state index contributed by atoms with van der Waals surface area (Å²) in [7, 11) is 0. The third-order valence-electron chi connectivity index (χ3n) is 9.13. The van der Waals surface area contributed by atoms with Gasteiger partial charge in [0.2, 0.25) is 0 Å². The van der Waals surface area contributed by atoms with Gasteiger partial charge in [-0.05, 0) is 86.1 Å². The molecule has 0 amide bonds. The van der Waals surface area contributed by atoms with Crippen LogP contribution in [0.25, 0.3) is 30.1 Å². The van der Waals surface area contributed by atoms with Crippen LogP contribution < -0.4 is 31.4 Å². The van der Waals surface area contributed by atoms with Crippen molar-refractivity contribution in [2.24, 2.45) is 15.7 Å². The number of anilines is 4. The van der Waals surface area contributed by atoms with Crippen LogP contribution in [0.15, 0.2) is 157 Å². The van der Waals surface area contributed by atoms with E-state index in [-0.39, 0.29) is 0 Å². The second-order valence-electron chi connectivity index (χ2n) is 13.0. The molecule has 0 radical (unpaired) electrons. The summed E-state index contributed by atoms with van der Waals surface area (Å²) in [5.41, 5.74) is 13.4. The fraction of sp³-hybridized carbons (Fsp3) is 0.220. The number of pyridine rings is 1. The van der Waals surface area contributed by atoms with Gasteiger partial charge < -0.3 is 20.9 Å². The van der Waals surface area contributed by atoms with E-state index in [1.54, 1.807) is 0 Å². The maximum Gasteiger partial charge on any atom is 0.138 e. The molecule has 2 aromatic heterocycles. The van der Waals surface area contributed by atoms with Crippen LogP contribution in [-0.4, -0.2) is 34.7 Å². The van der Waals surface area contributed by atoms with Gasteiger partial charge in [0.05, 0.1) is 5.69 Å². The maximum absolute atomic E-state index is 5.51. The molecule has 4 N–H and O–H groups in total. The van der Waals surface area contributed by atoms with Gasteiger partial charge in [-0.25, -0.2) is 9.98 Å². The number of aliphatic imine (C=N–C) groups is 2. The Morgan fingerprint density at radius 3 is 2.14 bits per heavy atom. The number of nitrogens with two attached hydrogens (primary N) is 1. The predicted octanol–water partition coefficient (Wildman–Crippen LogP) is 10.9. The number of H-pyrrole nitrogens is 1. The molecule has 300 valence electrons. The van der Waals surface area contributed by atoms with Crippen LogP contribution in [-0.2, 0) is 0 Å². The highest BCUT2D eigenvalue weighted by Crippen LogP contribution is 2.31. The van der Waals surface area contributed by atoms with E-state index in [1.807, 2.05) is 88.6 Å². The molecular formula is C50H60N8. The number of amidine groups is 2. The van der Waals surface area contributed by atoms with E-state index in [2.05, 4.69) is 130 Å². The maximum atomic E-state index is 5.51. The molecule has 0 spiro atoms. The normalized spacial score (nSPS) is 12.9. The zero-order valence-electron chi connectivity index (χ0n) is 35.0. The van der Waals surface area contributed by atoms with Gasteiger partial charge in [0.25, 0.3) is 0 Å². The van der Waals surface area contributed by atoms with Crippen molar-refractivity contribution in [1.82, 2.24) is 9.97 Å². The van der Waals surface area contributed by atoms with Gasteiger partial charge in [0.1, 0.15) is 17.5 Å². The summed E-state index contributed by atoms with van der Waals surface area (Å²) in [6.45, 7) is 24.6. The molecule has 0 unspecified atom stereocenters. The van der Waals surface area contributed by atoms with E-state index in [9.17, 15) is 0 Å². The SMILES string of the molecule is C=C(Nc1ccc(N(C2=NCCC2)c2ccccn2)cc1)c1c(-c2ccc(N(C/C=C\C=C/N)C3=NC=CCC3)cc2)[nH]c(=C)c1=C.CC.CC.Cc1ccccc1. The molecule has 58 heavy (non-hydrogen) atoms. The average molecular weight is 773 g/mol. The monoisotopic (exact) mass is 772 g/mol. The molecule has 0 fully saturated rings. The lowest BCUT2D eigenvalue weighted by Gasteiger charge is -2.26. The minimum atomic E-state index is 0.684. The Morgan fingerprint density at radius 2 is 1.55 bits per heavy atom. The van der Waals surface area contributed by atoms with Gasteiger partial charge in [-0.3, -0.25) is 9.89 Å². The van der Waals surface area contributed by atoms with E-state index >= 15 is 0 Å². The summed E-state index contributed by atoms with van der Waals surface area (Å²) < 4.78 is 0. The first-order valence-corrected chi connectivity index (χ1v) is 20.3. The first-order valence-electron chi connectivity index (χ1n) is 20.3. The average Bonchev–Trinajstić information content (AvgIpc) is 3.92. The fourth-order valence-electron chi connectivity index (χ4n) is 6.38. The molecule has 4 heterocycles. The first-order chi connectivity index (χ1) is 28.4. The second-order valence-corrected chi connectivity index (χ2v) is 13.0. The van der Waals surface area contributed by atoms with Crippen molar-refractivity contribution >= 4 is 53.4 Å². The molecular weight excluding hydrogens is 713 g/mol. The smallest absolute Gasteiger partial charge is 0.138 e. The third kappa shape index (κ3) is 11.9. The molecule has 7 rings (SSSR count). The van der Waals surface area contributed by atoms with Crippen molar-refractivity contribution in [1.29, 1.82) is 0 Å². The highest BCUT2D eigenvalue weighted by Gasteiger charge is 2.20. The van der Waals surface area contributed by atoms with Crippen molar-refractivity contribution in [3.63, 3.8) is 0 Å². The van der Waals surface area contributed by atoms with Crippen molar-refractivity contribution < 1.29 is 0 Å². The summed E-state index contributed by atoms with van der Waals surface area (Å²) in [5.74, 6) is 2.93. The van der Waals surface area contributed by atoms with Crippen LogP contribution in [0.4, 0.5) is 22.9 Å². The van der Waals surface area contributed by atoms with Crippen LogP contribution in [0, 0.1) is 6.92 Å². The molecule has 8 heteroatoms. The van der Waals surface area contributed by atoms with Crippen molar-refractivity contribution in [3.05, 3.63) is 168 Å². The molecule has 0 aliphatic carbocycles. The van der Waals surface area contributed by atoms with Crippen LogP contribution in [0.5, 0.6) is 0 Å².